The lowest BCUT2D eigenvalue weighted by molar-refractivity contribution is -0.147. The van der Waals surface area contributed by atoms with Crippen LogP contribution >= 0.6 is 0 Å². The summed E-state index contributed by atoms with van der Waals surface area (Å²) in [5, 5.41) is 0.300. The van der Waals surface area contributed by atoms with Gasteiger partial charge in [-0.25, -0.2) is 0 Å². The fourth-order valence-electron chi connectivity index (χ4n) is 3.89. The van der Waals surface area contributed by atoms with Gasteiger partial charge < -0.3 is 14.1 Å². The van der Waals surface area contributed by atoms with Crippen LogP contribution in [0.15, 0.2) is 0 Å². The van der Waals surface area contributed by atoms with Crippen molar-refractivity contribution in [3.8, 4) is 0 Å². The number of hydrogen-bond donors (Lipinski definition) is 0. The Bertz CT molecular complexity index is 431. The number of nitrogens with zero attached hydrogens (tertiary/aromatic N) is 1. The highest BCUT2D eigenvalue weighted by atomic mass is 28.4. The van der Waals surface area contributed by atoms with Crippen molar-refractivity contribution in [1.82, 2.24) is 4.90 Å². The van der Waals surface area contributed by atoms with E-state index in [0.717, 1.165) is 38.5 Å². The van der Waals surface area contributed by atoms with Gasteiger partial charge in [0.25, 0.3) is 0 Å². The molecule has 0 aromatic rings. The Morgan fingerprint density at radius 3 is 2.08 bits per heavy atom. The third-order valence-electron chi connectivity index (χ3n) is 6.88. The van der Waals surface area contributed by atoms with Gasteiger partial charge in [-0.05, 0) is 75.7 Å². The Kier molecular flexibility index (Phi) is 7.14. The van der Waals surface area contributed by atoms with Crippen molar-refractivity contribution in [1.29, 1.82) is 0 Å². The van der Waals surface area contributed by atoms with E-state index in [4.69, 9.17) is 9.16 Å². The van der Waals surface area contributed by atoms with E-state index in [0.29, 0.717) is 11.1 Å². The highest BCUT2D eigenvalue weighted by Crippen LogP contribution is 2.38. The molecule has 5 heteroatoms. The number of likely N-dealkylation sites (tertiary alicyclic amines) is 1. The van der Waals surface area contributed by atoms with Gasteiger partial charge in [0, 0.05) is 12.6 Å². The number of ether oxygens (including phenoxy) is 1. The second-order valence-corrected chi connectivity index (χ2v) is 14.4. The molecule has 0 atom stereocenters. The fourth-order valence-corrected chi connectivity index (χ4v) is 4.97. The Balaban J connectivity index is 1.71. The van der Waals surface area contributed by atoms with Gasteiger partial charge in [0.15, 0.2) is 8.32 Å². The van der Waals surface area contributed by atoms with Gasteiger partial charge in [-0.3, -0.25) is 4.79 Å². The summed E-state index contributed by atoms with van der Waals surface area (Å²) < 4.78 is 11.3. The normalized spacial score (nSPS) is 27.3. The molecule has 0 N–H and O–H groups in total. The van der Waals surface area contributed by atoms with Crippen LogP contribution in [0.1, 0.15) is 59.3 Å². The lowest BCUT2D eigenvalue weighted by Crippen LogP contribution is -2.45. The van der Waals surface area contributed by atoms with Crippen LogP contribution < -0.4 is 0 Å². The van der Waals surface area contributed by atoms with E-state index < -0.39 is 8.32 Å². The third-order valence-corrected chi connectivity index (χ3v) is 11.4. The smallest absolute Gasteiger partial charge is 0.308 e. The van der Waals surface area contributed by atoms with Crippen LogP contribution in [0.25, 0.3) is 0 Å². The number of piperidine rings is 1. The van der Waals surface area contributed by atoms with Gasteiger partial charge >= 0.3 is 5.97 Å². The minimum absolute atomic E-state index is 0.0221. The van der Waals surface area contributed by atoms with E-state index in [-0.39, 0.29) is 11.9 Å². The lowest BCUT2D eigenvalue weighted by atomic mass is 9.84. The average molecular weight is 370 g/mol. The molecule has 1 aliphatic carbocycles. The molecule has 2 fully saturated rings. The molecule has 0 amide bonds. The highest BCUT2D eigenvalue weighted by molar-refractivity contribution is 6.74. The van der Waals surface area contributed by atoms with Gasteiger partial charge in [-0.1, -0.05) is 20.8 Å². The largest absolute Gasteiger partial charge is 0.469 e. The zero-order chi connectivity index (χ0) is 18.7. The molecule has 146 valence electrons. The second-order valence-electron chi connectivity index (χ2n) is 9.58. The first-order chi connectivity index (χ1) is 11.6. The van der Waals surface area contributed by atoms with Gasteiger partial charge in [-0.2, -0.15) is 0 Å². The summed E-state index contributed by atoms with van der Waals surface area (Å²) in [4.78, 5) is 14.3. The monoisotopic (exact) mass is 369 g/mol. The number of carbonyl (C=O) groups excluding carboxylic acids is 1. The summed E-state index contributed by atoms with van der Waals surface area (Å²) in [6, 6.07) is 0.711. The van der Waals surface area contributed by atoms with Crippen LogP contribution in [-0.4, -0.2) is 52.0 Å². The predicted octanol–water partition coefficient (Wildman–Crippen LogP) is 4.45. The Hall–Kier alpha value is -0.393. The molecule has 1 aliphatic heterocycles. The molecular weight excluding hydrogens is 330 g/mol. The van der Waals surface area contributed by atoms with E-state index in [9.17, 15) is 4.79 Å². The first-order valence-corrected chi connectivity index (χ1v) is 13.0. The zero-order valence-electron chi connectivity index (χ0n) is 17.3. The molecule has 1 heterocycles. The molecule has 0 radical (unpaired) electrons. The van der Waals surface area contributed by atoms with E-state index in [1.54, 1.807) is 0 Å². The first-order valence-electron chi connectivity index (χ1n) is 10.1. The van der Waals surface area contributed by atoms with Crippen molar-refractivity contribution in [2.45, 2.75) is 83.5 Å². The maximum absolute atomic E-state index is 11.7. The number of carbonyl (C=O) groups is 1. The molecule has 2 aliphatic rings. The fraction of sp³-hybridized carbons (Fsp3) is 0.950. The minimum atomic E-state index is -1.61. The number of esters is 1. The SMILES string of the molecule is COC(=O)C1CCN(C2CCC(CO[Si](C)(C)C(C)(C)C)CC2)CC1. The summed E-state index contributed by atoms with van der Waals surface area (Å²) in [7, 11) is -0.113. The molecule has 1 saturated carbocycles. The summed E-state index contributed by atoms with van der Waals surface area (Å²) in [5.41, 5.74) is 0. The second kappa shape index (κ2) is 8.53. The van der Waals surface area contributed by atoms with Crippen LogP contribution in [0.3, 0.4) is 0 Å². The Labute approximate surface area is 155 Å². The summed E-state index contributed by atoms with van der Waals surface area (Å²) in [6.45, 7) is 14.7. The number of rotatable bonds is 5. The van der Waals surface area contributed by atoms with E-state index in [2.05, 4.69) is 38.8 Å². The molecule has 2 rings (SSSR count). The van der Waals surface area contributed by atoms with Gasteiger partial charge in [0.2, 0.25) is 0 Å². The standard InChI is InChI=1S/C20H39NO3Si/c1-20(2,3)25(5,6)24-15-16-7-9-18(10-8-16)21-13-11-17(12-14-21)19(22)23-4/h16-18H,7-15H2,1-6H3. The van der Waals surface area contributed by atoms with Crippen molar-refractivity contribution < 1.29 is 14.0 Å². The molecule has 4 nitrogen and oxygen atoms in total. The molecule has 25 heavy (non-hydrogen) atoms. The lowest BCUT2D eigenvalue weighted by Gasteiger charge is -2.41. The molecule has 0 aromatic heterocycles. The van der Waals surface area contributed by atoms with Crippen molar-refractivity contribution in [2.24, 2.45) is 11.8 Å². The quantitative estimate of drug-likeness (QED) is 0.530. The Morgan fingerprint density at radius 1 is 1.04 bits per heavy atom. The highest BCUT2D eigenvalue weighted by Gasteiger charge is 2.38. The Morgan fingerprint density at radius 2 is 1.60 bits per heavy atom. The molecule has 1 saturated heterocycles. The minimum Gasteiger partial charge on any atom is -0.469 e. The van der Waals surface area contributed by atoms with E-state index in [1.165, 1.54) is 32.8 Å². The van der Waals surface area contributed by atoms with E-state index in [1.807, 2.05) is 0 Å². The summed E-state index contributed by atoms with van der Waals surface area (Å²) >= 11 is 0. The van der Waals surface area contributed by atoms with Crippen molar-refractivity contribution in [3.05, 3.63) is 0 Å². The maximum atomic E-state index is 11.7. The van der Waals surface area contributed by atoms with Crippen LogP contribution in [0.4, 0.5) is 0 Å². The zero-order valence-corrected chi connectivity index (χ0v) is 18.3. The van der Waals surface area contributed by atoms with E-state index >= 15 is 0 Å². The van der Waals surface area contributed by atoms with Crippen LogP contribution in [0, 0.1) is 11.8 Å². The summed E-state index contributed by atoms with van der Waals surface area (Å²) in [6.07, 6.45) is 7.07. The predicted molar refractivity (Wildman–Crippen MR) is 105 cm³/mol. The molecule has 0 aromatic carbocycles. The van der Waals surface area contributed by atoms with Crippen molar-refractivity contribution in [2.75, 3.05) is 26.8 Å². The van der Waals surface area contributed by atoms with Crippen LogP contribution in [-0.2, 0) is 14.0 Å². The van der Waals surface area contributed by atoms with Gasteiger partial charge in [0.05, 0.1) is 13.0 Å². The molecule has 0 unspecified atom stereocenters. The number of hydrogen-bond acceptors (Lipinski definition) is 4. The van der Waals surface area contributed by atoms with Crippen LogP contribution in [0.5, 0.6) is 0 Å². The molecular formula is C20H39NO3Si. The van der Waals surface area contributed by atoms with Crippen molar-refractivity contribution >= 4 is 14.3 Å². The number of methoxy groups -OCH3 is 1. The maximum Gasteiger partial charge on any atom is 0.308 e. The van der Waals surface area contributed by atoms with Gasteiger partial charge in [0.1, 0.15) is 0 Å². The summed E-state index contributed by atoms with van der Waals surface area (Å²) in [5.74, 6) is 0.833. The van der Waals surface area contributed by atoms with Gasteiger partial charge in [-0.15, -0.1) is 0 Å². The molecule has 0 bridgehead atoms. The molecule has 0 spiro atoms. The average Bonchev–Trinajstić information content (AvgIpc) is 2.59. The first kappa shape index (κ1) is 20.9. The van der Waals surface area contributed by atoms with Crippen molar-refractivity contribution in [3.63, 3.8) is 0 Å². The van der Waals surface area contributed by atoms with Crippen LogP contribution in [0.2, 0.25) is 18.1 Å². The topological polar surface area (TPSA) is 38.8 Å². The third kappa shape index (κ3) is 5.54.